The minimum atomic E-state index is -0.213. The molecule has 1 atom stereocenters. The van der Waals surface area contributed by atoms with Crippen LogP contribution in [-0.2, 0) is 14.9 Å². The average Bonchev–Trinajstić information content (AvgIpc) is 3.11. The third-order valence-corrected chi connectivity index (χ3v) is 4.94. The molecule has 0 radical (unpaired) electrons. The number of hydrogen-bond acceptors (Lipinski definition) is 3. The van der Waals surface area contributed by atoms with Gasteiger partial charge in [0.1, 0.15) is 0 Å². The molecule has 0 amide bonds. The first kappa shape index (κ1) is 18.3. The van der Waals surface area contributed by atoms with Crippen LogP contribution in [0.15, 0.2) is 35.3 Å². The third kappa shape index (κ3) is 4.49. The van der Waals surface area contributed by atoms with E-state index in [1.807, 2.05) is 6.92 Å². The van der Waals surface area contributed by atoms with Crippen molar-refractivity contribution in [3.63, 3.8) is 0 Å². The lowest BCUT2D eigenvalue weighted by atomic mass is 9.79. The van der Waals surface area contributed by atoms with Gasteiger partial charge < -0.3 is 15.4 Å². The van der Waals surface area contributed by atoms with Gasteiger partial charge in [0.2, 0.25) is 0 Å². The highest BCUT2D eigenvalue weighted by atomic mass is 16.5. The van der Waals surface area contributed by atoms with Gasteiger partial charge in [-0.25, -0.2) is 0 Å². The lowest BCUT2D eigenvalue weighted by molar-refractivity contribution is -0.144. The molecule has 5 nitrogen and oxygen atoms in total. The monoisotopic (exact) mass is 331 g/mol. The van der Waals surface area contributed by atoms with E-state index in [0.29, 0.717) is 6.54 Å². The Bertz CT molecular complexity index is 551. The fourth-order valence-corrected chi connectivity index (χ4v) is 3.42. The molecule has 0 aromatic heterocycles. The molecule has 24 heavy (non-hydrogen) atoms. The van der Waals surface area contributed by atoms with E-state index in [4.69, 9.17) is 4.74 Å². The Hall–Kier alpha value is -2.04. The van der Waals surface area contributed by atoms with Crippen molar-refractivity contribution in [3.05, 3.63) is 35.9 Å². The Morgan fingerprint density at radius 1 is 1.25 bits per heavy atom. The predicted molar refractivity (Wildman–Crippen MR) is 97.1 cm³/mol. The van der Waals surface area contributed by atoms with Crippen LogP contribution in [0.4, 0.5) is 0 Å². The maximum absolute atomic E-state index is 11.5. The number of carbonyl (C=O) groups is 1. The molecule has 0 heterocycles. The van der Waals surface area contributed by atoms with Crippen molar-refractivity contribution in [2.24, 2.45) is 10.9 Å². The number of benzene rings is 1. The predicted octanol–water partition coefficient (Wildman–Crippen LogP) is 2.47. The SMILES string of the molecule is CN=C(NCC(C)C(=O)OC)NCC1(c2ccccc2)CCCC1. The molecule has 0 spiro atoms. The topological polar surface area (TPSA) is 62.7 Å². The second-order valence-electron chi connectivity index (χ2n) is 6.58. The van der Waals surface area contributed by atoms with E-state index in [1.54, 1.807) is 7.05 Å². The summed E-state index contributed by atoms with van der Waals surface area (Å²) < 4.78 is 4.75. The normalized spacial score (nSPS) is 18.0. The number of carbonyl (C=O) groups excluding carboxylic acids is 1. The number of aliphatic imine (C=N–C) groups is 1. The minimum Gasteiger partial charge on any atom is -0.469 e. The Balaban J connectivity index is 1.95. The standard InChI is InChI=1S/C19H29N3O2/c1-15(17(23)24-3)13-21-18(20-2)22-14-19(11-7-8-12-19)16-9-5-4-6-10-16/h4-6,9-10,15H,7-8,11-14H2,1-3H3,(H2,20,21,22). The van der Waals surface area contributed by atoms with Gasteiger partial charge in [-0.05, 0) is 18.4 Å². The quantitative estimate of drug-likeness (QED) is 0.477. The molecule has 1 aromatic carbocycles. The molecule has 1 saturated carbocycles. The fourth-order valence-electron chi connectivity index (χ4n) is 3.42. The van der Waals surface area contributed by atoms with Crippen LogP contribution in [0.1, 0.15) is 38.2 Å². The van der Waals surface area contributed by atoms with Gasteiger partial charge in [0.25, 0.3) is 0 Å². The number of nitrogens with one attached hydrogen (secondary N) is 2. The van der Waals surface area contributed by atoms with Gasteiger partial charge in [-0.3, -0.25) is 9.79 Å². The van der Waals surface area contributed by atoms with Gasteiger partial charge in [-0.1, -0.05) is 50.1 Å². The molecular weight excluding hydrogens is 302 g/mol. The van der Waals surface area contributed by atoms with Crippen LogP contribution in [0.2, 0.25) is 0 Å². The second kappa shape index (κ2) is 8.71. The van der Waals surface area contributed by atoms with Gasteiger partial charge in [0.15, 0.2) is 5.96 Å². The molecule has 132 valence electrons. The zero-order chi connectivity index (χ0) is 17.4. The maximum atomic E-state index is 11.5. The van der Waals surface area contributed by atoms with Crippen molar-refractivity contribution in [1.82, 2.24) is 10.6 Å². The summed E-state index contributed by atoms with van der Waals surface area (Å²) in [7, 11) is 3.16. The van der Waals surface area contributed by atoms with E-state index in [1.165, 1.54) is 38.4 Å². The van der Waals surface area contributed by atoms with Crippen LogP contribution in [0.3, 0.4) is 0 Å². The van der Waals surface area contributed by atoms with Crippen LogP contribution in [-0.4, -0.2) is 39.2 Å². The molecule has 5 heteroatoms. The molecule has 2 N–H and O–H groups in total. The molecule has 2 rings (SSSR count). The second-order valence-corrected chi connectivity index (χ2v) is 6.58. The molecule has 1 aromatic rings. The molecule has 1 unspecified atom stereocenters. The van der Waals surface area contributed by atoms with E-state index in [9.17, 15) is 4.79 Å². The average molecular weight is 331 g/mol. The van der Waals surface area contributed by atoms with Gasteiger partial charge in [-0.15, -0.1) is 0 Å². The Labute approximate surface area is 144 Å². The Kier molecular flexibility index (Phi) is 6.64. The highest BCUT2D eigenvalue weighted by Crippen LogP contribution is 2.40. The van der Waals surface area contributed by atoms with E-state index in [0.717, 1.165) is 12.5 Å². The van der Waals surface area contributed by atoms with Crippen LogP contribution < -0.4 is 10.6 Å². The van der Waals surface area contributed by atoms with Gasteiger partial charge >= 0.3 is 5.97 Å². The van der Waals surface area contributed by atoms with Crippen molar-refractivity contribution in [2.45, 2.75) is 38.0 Å². The summed E-state index contributed by atoms with van der Waals surface area (Å²) in [5.41, 5.74) is 1.57. The van der Waals surface area contributed by atoms with E-state index in [-0.39, 0.29) is 17.3 Å². The highest BCUT2D eigenvalue weighted by Gasteiger charge is 2.35. The lowest BCUT2D eigenvalue weighted by Gasteiger charge is -2.31. The van der Waals surface area contributed by atoms with Crippen LogP contribution in [0, 0.1) is 5.92 Å². The van der Waals surface area contributed by atoms with Gasteiger partial charge in [0, 0.05) is 25.6 Å². The number of guanidine groups is 1. The van der Waals surface area contributed by atoms with Crippen molar-refractivity contribution >= 4 is 11.9 Å². The number of rotatable bonds is 6. The number of methoxy groups -OCH3 is 1. The number of hydrogen-bond donors (Lipinski definition) is 2. The van der Waals surface area contributed by atoms with Gasteiger partial charge in [0.05, 0.1) is 13.0 Å². The summed E-state index contributed by atoms with van der Waals surface area (Å²) in [6.45, 7) is 3.20. The summed E-state index contributed by atoms with van der Waals surface area (Å²) >= 11 is 0. The number of esters is 1. The first-order valence-corrected chi connectivity index (χ1v) is 8.69. The smallest absolute Gasteiger partial charge is 0.310 e. The lowest BCUT2D eigenvalue weighted by Crippen LogP contribution is -2.46. The summed E-state index contributed by atoms with van der Waals surface area (Å²) in [5, 5.41) is 6.66. The van der Waals surface area contributed by atoms with Gasteiger partial charge in [-0.2, -0.15) is 0 Å². The highest BCUT2D eigenvalue weighted by molar-refractivity contribution is 5.80. The Morgan fingerprint density at radius 2 is 1.92 bits per heavy atom. The summed E-state index contributed by atoms with van der Waals surface area (Å²) in [4.78, 5) is 15.8. The van der Waals surface area contributed by atoms with Crippen molar-refractivity contribution < 1.29 is 9.53 Å². The van der Waals surface area contributed by atoms with Crippen molar-refractivity contribution in [3.8, 4) is 0 Å². The molecule has 0 aliphatic heterocycles. The molecule has 0 bridgehead atoms. The molecule has 1 aliphatic carbocycles. The minimum absolute atomic E-state index is 0.173. The van der Waals surface area contributed by atoms with E-state index >= 15 is 0 Å². The van der Waals surface area contributed by atoms with Crippen LogP contribution in [0.25, 0.3) is 0 Å². The zero-order valence-electron chi connectivity index (χ0n) is 15.0. The van der Waals surface area contributed by atoms with E-state index in [2.05, 4.69) is 46.0 Å². The first-order chi connectivity index (χ1) is 11.6. The number of ether oxygens (including phenoxy) is 1. The third-order valence-electron chi connectivity index (χ3n) is 4.94. The molecule has 1 fully saturated rings. The maximum Gasteiger partial charge on any atom is 0.310 e. The van der Waals surface area contributed by atoms with Crippen LogP contribution in [0.5, 0.6) is 0 Å². The fraction of sp³-hybridized carbons (Fsp3) is 0.579. The number of nitrogens with zero attached hydrogens (tertiary/aromatic N) is 1. The first-order valence-electron chi connectivity index (χ1n) is 8.69. The molecule has 0 saturated heterocycles. The van der Waals surface area contributed by atoms with Crippen molar-refractivity contribution in [1.29, 1.82) is 0 Å². The zero-order valence-corrected chi connectivity index (χ0v) is 15.0. The largest absolute Gasteiger partial charge is 0.469 e. The molecular formula is C19H29N3O2. The van der Waals surface area contributed by atoms with E-state index < -0.39 is 0 Å². The summed E-state index contributed by atoms with van der Waals surface area (Å²) in [6.07, 6.45) is 4.92. The summed E-state index contributed by atoms with van der Waals surface area (Å²) in [5.74, 6) is 0.311. The summed E-state index contributed by atoms with van der Waals surface area (Å²) in [6, 6.07) is 10.7. The molecule has 1 aliphatic rings. The Morgan fingerprint density at radius 3 is 2.50 bits per heavy atom. The van der Waals surface area contributed by atoms with Crippen LogP contribution >= 0.6 is 0 Å². The van der Waals surface area contributed by atoms with Crippen molar-refractivity contribution in [2.75, 3.05) is 27.2 Å².